The second kappa shape index (κ2) is 5.51. The molecule has 1 aliphatic heterocycles. The first-order chi connectivity index (χ1) is 8.40. The van der Waals surface area contributed by atoms with Crippen LogP contribution in [0.4, 0.5) is 0 Å². The molecular weight excluding hydrogens is 500 g/mol. The van der Waals surface area contributed by atoms with E-state index in [1.807, 2.05) is 45.2 Å². The monoisotopic (exact) mass is 505 g/mol. The number of thioether (sulfide) groups is 1. The number of aromatic hydroxyl groups is 2. The summed E-state index contributed by atoms with van der Waals surface area (Å²) in [5.41, 5.74) is 0.476. The summed E-state index contributed by atoms with van der Waals surface area (Å²) < 4.78 is 1.36. The third kappa shape index (κ3) is 2.75. The van der Waals surface area contributed by atoms with Crippen molar-refractivity contribution in [2.75, 3.05) is 0 Å². The van der Waals surface area contributed by atoms with Gasteiger partial charge in [0.05, 0.1) is 12.0 Å². The van der Waals surface area contributed by atoms with Gasteiger partial charge in [-0.15, -0.1) is 0 Å². The Labute approximate surface area is 140 Å². The first kappa shape index (κ1) is 14.3. The molecule has 18 heavy (non-hydrogen) atoms. The summed E-state index contributed by atoms with van der Waals surface area (Å²) >= 11 is 9.83. The summed E-state index contributed by atoms with van der Waals surface area (Å²) in [7, 11) is 0. The van der Waals surface area contributed by atoms with E-state index in [1.165, 1.54) is 0 Å². The van der Waals surface area contributed by atoms with E-state index in [0.717, 1.165) is 11.8 Å². The highest BCUT2D eigenvalue weighted by Crippen LogP contribution is 2.38. The van der Waals surface area contributed by atoms with Crippen LogP contribution >= 0.6 is 69.2 Å². The fraction of sp³-hybridized carbons (Fsp3) is 0. The number of carbonyl (C=O) groups is 1. The van der Waals surface area contributed by atoms with Crippen LogP contribution in [0.2, 0.25) is 0 Å². The lowest BCUT2D eigenvalue weighted by Gasteiger charge is -2.07. The van der Waals surface area contributed by atoms with E-state index in [4.69, 9.17) is 12.2 Å². The van der Waals surface area contributed by atoms with Gasteiger partial charge in [0, 0.05) is 5.56 Å². The molecule has 3 N–H and O–H groups in total. The van der Waals surface area contributed by atoms with Gasteiger partial charge in [0.25, 0.3) is 5.91 Å². The first-order valence-electron chi connectivity index (χ1n) is 4.55. The molecule has 1 aromatic rings. The Morgan fingerprint density at radius 1 is 1.33 bits per heavy atom. The van der Waals surface area contributed by atoms with Crippen molar-refractivity contribution >= 4 is 85.5 Å². The van der Waals surface area contributed by atoms with Gasteiger partial charge < -0.3 is 15.5 Å². The summed E-state index contributed by atoms with van der Waals surface area (Å²) in [6.07, 6.45) is 1.55. The van der Waals surface area contributed by atoms with Crippen LogP contribution in [0.3, 0.4) is 0 Å². The lowest BCUT2D eigenvalue weighted by Crippen LogP contribution is -2.17. The summed E-state index contributed by atoms with van der Waals surface area (Å²) in [4.78, 5) is 11.9. The van der Waals surface area contributed by atoms with Crippen molar-refractivity contribution in [1.82, 2.24) is 5.32 Å². The highest BCUT2D eigenvalue weighted by molar-refractivity contribution is 14.1. The predicted octanol–water partition coefficient (Wildman–Crippen LogP) is 2.80. The number of phenols is 2. The smallest absolute Gasteiger partial charge is 0.263 e. The highest BCUT2D eigenvalue weighted by Gasteiger charge is 2.23. The van der Waals surface area contributed by atoms with Gasteiger partial charge in [-0.1, -0.05) is 24.0 Å². The maximum atomic E-state index is 11.5. The zero-order chi connectivity index (χ0) is 13.4. The Morgan fingerprint density at radius 2 is 2.00 bits per heavy atom. The molecule has 0 unspecified atom stereocenters. The minimum Gasteiger partial charge on any atom is -0.506 e. The quantitative estimate of drug-likeness (QED) is 0.312. The van der Waals surface area contributed by atoms with Crippen molar-refractivity contribution in [3.63, 3.8) is 0 Å². The van der Waals surface area contributed by atoms with Gasteiger partial charge in [0.15, 0.2) is 0 Å². The molecule has 1 amide bonds. The number of hydrogen-bond donors (Lipinski definition) is 3. The molecule has 1 saturated heterocycles. The van der Waals surface area contributed by atoms with E-state index >= 15 is 0 Å². The molecule has 1 aliphatic rings. The Bertz CT molecular complexity index is 601. The lowest BCUT2D eigenvalue weighted by molar-refractivity contribution is -0.115. The van der Waals surface area contributed by atoms with Crippen LogP contribution in [-0.2, 0) is 4.79 Å². The molecule has 94 valence electrons. The van der Waals surface area contributed by atoms with Crippen LogP contribution in [0.15, 0.2) is 11.0 Å². The van der Waals surface area contributed by atoms with Crippen molar-refractivity contribution in [2.24, 2.45) is 0 Å². The SMILES string of the molecule is O=C1NC(=S)SC1=Cc1cc(I)c(O)c(I)c1O. The van der Waals surface area contributed by atoms with E-state index in [-0.39, 0.29) is 17.4 Å². The number of thiocarbonyl (C=S) groups is 1. The molecule has 1 fully saturated rings. The van der Waals surface area contributed by atoms with E-state index < -0.39 is 0 Å². The maximum Gasteiger partial charge on any atom is 0.263 e. The van der Waals surface area contributed by atoms with Crippen molar-refractivity contribution in [3.8, 4) is 11.5 Å². The average molecular weight is 505 g/mol. The van der Waals surface area contributed by atoms with Gasteiger partial charge in [0.2, 0.25) is 0 Å². The molecule has 1 aromatic carbocycles. The van der Waals surface area contributed by atoms with Crippen molar-refractivity contribution in [2.45, 2.75) is 0 Å². The number of rotatable bonds is 1. The van der Waals surface area contributed by atoms with Crippen LogP contribution in [0.25, 0.3) is 6.08 Å². The number of hydrogen-bond acceptors (Lipinski definition) is 5. The van der Waals surface area contributed by atoms with Crippen LogP contribution in [0.1, 0.15) is 5.56 Å². The molecule has 2 rings (SSSR count). The van der Waals surface area contributed by atoms with Crippen molar-refractivity contribution < 1.29 is 15.0 Å². The summed E-state index contributed by atoms with van der Waals surface area (Å²) in [6.45, 7) is 0. The molecule has 0 spiro atoms. The first-order valence-corrected chi connectivity index (χ1v) is 7.93. The normalized spacial score (nSPS) is 17.3. The van der Waals surface area contributed by atoms with Crippen LogP contribution in [0.5, 0.6) is 11.5 Å². The van der Waals surface area contributed by atoms with E-state index in [9.17, 15) is 15.0 Å². The average Bonchev–Trinajstić information content (AvgIpc) is 2.62. The largest absolute Gasteiger partial charge is 0.506 e. The Hall–Kier alpha value is -0.0700. The molecule has 0 aromatic heterocycles. The van der Waals surface area contributed by atoms with E-state index in [0.29, 0.717) is 21.9 Å². The minimum absolute atomic E-state index is 0.0369. The second-order valence-corrected chi connectivity index (χ2v) is 7.27. The maximum absolute atomic E-state index is 11.5. The Morgan fingerprint density at radius 3 is 2.56 bits per heavy atom. The zero-order valence-electron chi connectivity index (χ0n) is 8.53. The molecule has 0 atom stereocenters. The Kier molecular flexibility index (Phi) is 4.39. The van der Waals surface area contributed by atoms with Crippen molar-refractivity contribution in [3.05, 3.63) is 23.7 Å². The number of nitrogens with one attached hydrogen (secondary N) is 1. The van der Waals surface area contributed by atoms with Crippen LogP contribution < -0.4 is 5.32 Å². The number of benzene rings is 1. The third-order valence-electron chi connectivity index (χ3n) is 2.13. The predicted molar refractivity (Wildman–Crippen MR) is 91.5 cm³/mol. The standard InChI is InChI=1S/C10H5I2NO3S2/c11-4-1-3(7(14)6(12)8(4)15)2-5-9(16)13-10(17)18-5/h1-2,14-15H,(H,13,16,17). The molecule has 4 nitrogen and oxygen atoms in total. The topological polar surface area (TPSA) is 69.6 Å². The minimum atomic E-state index is -0.275. The molecule has 8 heteroatoms. The van der Waals surface area contributed by atoms with Gasteiger partial charge in [-0.25, -0.2) is 0 Å². The summed E-state index contributed by atoms with van der Waals surface area (Å²) in [5, 5.41) is 22.1. The van der Waals surface area contributed by atoms with E-state index in [2.05, 4.69) is 5.32 Å². The van der Waals surface area contributed by atoms with E-state index in [1.54, 1.807) is 12.1 Å². The van der Waals surface area contributed by atoms with Crippen LogP contribution in [0, 0.1) is 7.14 Å². The molecule has 0 saturated carbocycles. The molecule has 0 radical (unpaired) electrons. The zero-order valence-corrected chi connectivity index (χ0v) is 14.5. The molecule has 0 aliphatic carbocycles. The molecule has 1 heterocycles. The fourth-order valence-corrected chi connectivity index (χ4v) is 4.05. The Balaban J connectivity index is 2.50. The van der Waals surface area contributed by atoms with Crippen LogP contribution in [-0.4, -0.2) is 20.4 Å². The number of amides is 1. The number of carbonyl (C=O) groups excluding carboxylic acids is 1. The van der Waals surface area contributed by atoms with Gasteiger partial charge >= 0.3 is 0 Å². The van der Waals surface area contributed by atoms with Gasteiger partial charge in [-0.05, 0) is 57.3 Å². The van der Waals surface area contributed by atoms with Gasteiger partial charge in [-0.2, -0.15) is 0 Å². The van der Waals surface area contributed by atoms with Gasteiger partial charge in [0.1, 0.15) is 15.8 Å². The lowest BCUT2D eigenvalue weighted by atomic mass is 10.1. The molecule has 0 bridgehead atoms. The highest BCUT2D eigenvalue weighted by atomic mass is 127. The van der Waals surface area contributed by atoms with Gasteiger partial charge in [-0.3, -0.25) is 4.79 Å². The number of phenolic OH excluding ortho intramolecular Hbond substituents is 2. The third-order valence-corrected chi connectivity index (χ3v) is 5.13. The molecular formula is C10H5I2NO3S2. The fourth-order valence-electron chi connectivity index (χ4n) is 1.29. The summed E-state index contributed by atoms with van der Waals surface area (Å²) in [6, 6.07) is 1.61. The summed E-state index contributed by atoms with van der Waals surface area (Å²) in [5.74, 6) is -0.287. The second-order valence-electron chi connectivity index (χ2n) is 3.31. The van der Waals surface area contributed by atoms with Crippen molar-refractivity contribution in [1.29, 1.82) is 0 Å². The number of halogens is 2.